The zero-order valence-corrected chi connectivity index (χ0v) is 15.8. The topological polar surface area (TPSA) is 52.7 Å². The quantitative estimate of drug-likeness (QED) is 0.823. The van der Waals surface area contributed by atoms with E-state index < -0.39 is 0 Å². The molecule has 1 fully saturated rings. The van der Waals surface area contributed by atoms with Gasteiger partial charge in [0.2, 0.25) is 11.8 Å². The summed E-state index contributed by atoms with van der Waals surface area (Å²) in [5.41, 5.74) is 1.98. The monoisotopic (exact) mass is 345 g/mol. The Hall–Kier alpha value is -2.04. The Kier molecular flexibility index (Phi) is 7.29. The molecule has 1 aliphatic heterocycles. The van der Waals surface area contributed by atoms with Crippen molar-refractivity contribution in [2.24, 2.45) is 5.92 Å². The predicted octanol–water partition coefficient (Wildman–Crippen LogP) is 3.51. The molecule has 138 valence electrons. The van der Waals surface area contributed by atoms with Gasteiger partial charge in [0.15, 0.2) is 0 Å². The second-order valence-electron chi connectivity index (χ2n) is 6.67. The van der Waals surface area contributed by atoms with Crippen molar-refractivity contribution in [3.05, 3.63) is 24.3 Å². The van der Waals surface area contributed by atoms with Crippen molar-refractivity contribution in [2.45, 2.75) is 46.5 Å². The van der Waals surface area contributed by atoms with E-state index >= 15 is 0 Å². The van der Waals surface area contributed by atoms with Gasteiger partial charge in [-0.2, -0.15) is 0 Å². The lowest BCUT2D eigenvalue weighted by atomic mass is 10.0. The molecule has 1 aromatic rings. The molecule has 1 saturated heterocycles. The second kappa shape index (κ2) is 9.44. The maximum atomic E-state index is 12.5. The third-order valence-corrected chi connectivity index (χ3v) is 4.92. The average molecular weight is 345 g/mol. The summed E-state index contributed by atoms with van der Waals surface area (Å²) in [6.07, 6.45) is 3.24. The van der Waals surface area contributed by atoms with Crippen LogP contribution in [-0.4, -0.2) is 42.9 Å². The second-order valence-corrected chi connectivity index (χ2v) is 6.67. The third kappa shape index (κ3) is 5.21. The number of hydrogen-bond donors (Lipinski definition) is 1. The summed E-state index contributed by atoms with van der Waals surface area (Å²) >= 11 is 0. The molecule has 0 bridgehead atoms. The summed E-state index contributed by atoms with van der Waals surface area (Å²) in [5.74, 6) is 0.528. The van der Waals surface area contributed by atoms with Crippen molar-refractivity contribution in [1.82, 2.24) is 4.90 Å². The molecule has 0 aliphatic carbocycles. The van der Waals surface area contributed by atoms with Gasteiger partial charge in [0.05, 0.1) is 0 Å². The minimum atomic E-state index is 0.0591. The number of amides is 2. The molecule has 0 spiro atoms. The molecule has 5 heteroatoms. The summed E-state index contributed by atoms with van der Waals surface area (Å²) in [7, 11) is 0. The number of carbonyl (C=O) groups is 2. The largest absolute Gasteiger partial charge is 0.368 e. The Morgan fingerprint density at radius 2 is 1.60 bits per heavy atom. The summed E-state index contributed by atoms with van der Waals surface area (Å²) in [6, 6.07) is 7.98. The van der Waals surface area contributed by atoms with Crippen LogP contribution in [0.2, 0.25) is 0 Å². The van der Waals surface area contributed by atoms with Crippen molar-refractivity contribution < 1.29 is 9.59 Å². The molecule has 1 N–H and O–H groups in total. The van der Waals surface area contributed by atoms with Crippen LogP contribution in [0.25, 0.3) is 0 Å². The lowest BCUT2D eigenvalue weighted by molar-refractivity contribution is -0.136. The summed E-state index contributed by atoms with van der Waals surface area (Å²) in [4.78, 5) is 28.4. The number of nitrogens with one attached hydrogen (secondary N) is 1. The molecule has 2 rings (SSSR count). The number of rotatable bonds is 7. The van der Waals surface area contributed by atoms with E-state index in [2.05, 4.69) is 24.1 Å². The van der Waals surface area contributed by atoms with E-state index in [-0.39, 0.29) is 11.8 Å². The Morgan fingerprint density at radius 3 is 2.12 bits per heavy atom. The molecule has 1 aliphatic rings. The minimum Gasteiger partial charge on any atom is -0.368 e. The molecule has 2 amide bonds. The van der Waals surface area contributed by atoms with E-state index in [0.717, 1.165) is 56.8 Å². The SMILES string of the molecule is CCCC(=O)Nc1ccc(N2CCN(C(=O)C(CC)CC)CC2)cc1. The van der Waals surface area contributed by atoms with E-state index in [1.165, 1.54) is 0 Å². The lowest BCUT2D eigenvalue weighted by Gasteiger charge is -2.37. The Bertz CT molecular complexity index is 559. The van der Waals surface area contributed by atoms with Crippen LogP contribution in [0.3, 0.4) is 0 Å². The van der Waals surface area contributed by atoms with Crippen LogP contribution in [0, 0.1) is 5.92 Å². The highest BCUT2D eigenvalue weighted by molar-refractivity contribution is 5.90. The maximum absolute atomic E-state index is 12.5. The van der Waals surface area contributed by atoms with Crippen LogP contribution in [-0.2, 0) is 9.59 Å². The van der Waals surface area contributed by atoms with Crippen molar-refractivity contribution in [1.29, 1.82) is 0 Å². The minimum absolute atomic E-state index is 0.0591. The first-order valence-electron chi connectivity index (χ1n) is 9.52. The first-order valence-corrected chi connectivity index (χ1v) is 9.52. The number of anilines is 2. The van der Waals surface area contributed by atoms with Gasteiger partial charge < -0.3 is 15.1 Å². The van der Waals surface area contributed by atoms with Crippen molar-refractivity contribution >= 4 is 23.2 Å². The van der Waals surface area contributed by atoms with Crippen LogP contribution in [0.15, 0.2) is 24.3 Å². The fourth-order valence-corrected chi connectivity index (χ4v) is 3.29. The fourth-order valence-electron chi connectivity index (χ4n) is 3.29. The molecule has 0 radical (unpaired) electrons. The van der Waals surface area contributed by atoms with Gasteiger partial charge in [-0.15, -0.1) is 0 Å². The normalized spacial score (nSPS) is 14.7. The number of nitrogens with zero attached hydrogens (tertiary/aromatic N) is 2. The molecule has 5 nitrogen and oxygen atoms in total. The Morgan fingerprint density at radius 1 is 1.00 bits per heavy atom. The first kappa shape index (κ1) is 19.3. The highest BCUT2D eigenvalue weighted by Gasteiger charge is 2.25. The molecule has 25 heavy (non-hydrogen) atoms. The van der Waals surface area contributed by atoms with Crippen molar-refractivity contribution in [2.75, 3.05) is 36.4 Å². The van der Waals surface area contributed by atoms with E-state index in [0.29, 0.717) is 12.3 Å². The van der Waals surface area contributed by atoms with Gasteiger partial charge in [0.1, 0.15) is 0 Å². The number of hydrogen-bond acceptors (Lipinski definition) is 3. The summed E-state index contributed by atoms with van der Waals surface area (Å²) < 4.78 is 0. The predicted molar refractivity (Wildman–Crippen MR) is 103 cm³/mol. The Labute approximate surface area is 151 Å². The highest BCUT2D eigenvalue weighted by Crippen LogP contribution is 2.21. The van der Waals surface area contributed by atoms with Crippen LogP contribution in [0.1, 0.15) is 46.5 Å². The number of benzene rings is 1. The van der Waals surface area contributed by atoms with Crippen molar-refractivity contribution in [3.63, 3.8) is 0 Å². The van der Waals surface area contributed by atoms with Gasteiger partial charge in [-0.05, 0) is 43.5 Å². The molecule has 1 aromatic carbocycles. The average Bonchev–Trinajstić information content (AvgIpc) is 2.63. The van der Waals surface area contributed by atoms with Gasteiger partial charge in [-0.3, -0.25) is 9.59 Å². The van der Waals surface area contributed by atoms with Gasteiger partial charge in [0.25, 0.3) is 0 Å². The molecule has 0 atom stereocenters. The third-order valence-electron chi connectivity index (χ3n) is 4.92. The van der Waals surface area contributed by atoms with Crippen LogP contribution >= 0.6 is 0 Å². The van der Waals surface area contributed by atoms with Crippen LogP contribution in [0.5, 0.6) is 0 Å². The summed E-state index contributed by atoms with van der Waals surface area (Å²) in [5, 5.41) is 2.91. The maximum Gasteiger partial charge on any atom is 0.225 e. The smallest absolute Gasteiger partial charge is 0.225 e. The lowest BCUT2D eigenvalue weighted by Crippen LogP contribution is -2.50. The molecule has 0 aromatic heterocycles. The molecule has 0 saturated carbocycles. The Balaban J connectivity index is 1.88. The van der Waals surface area contributed by atoms with Crippen LogP contribution in [0.4, 0.5) is 11.4 Å². The van der Waals surface area contributed by atoms with E-state index in [1.54, 1.807) is 0 Å². The molecule has 1 heterocycles. The van der Waals surface area contributed by atoms with Gasteiger partial charge in [-0.1, -0.05) is 20.8 Å². The molecule has 0 unspecified atom stereocenters. The zero-order valence-electron chi connectivity index (χ0n) is 15.8. The first-order chi connectivity index (χ1) is 12.1. The number of piperazine rings is 1. The van der Waals surface area contributed by atoms with E-state index in [4.69, 9.17) is 0 Å². The molecular formula is C20H31N3O2. The van der Waals surface area contributed by atoms with E-state index in [9.17, 15) is 9.59 Å². The van der Waals surface area contributed by atoms with Crippen LogP contribution < -0.4 is 10.2 Å². The van der Waals surface area contributed by atoms with Gasteiger partial charge >= 0.3 is 0 Å². The zero-order chi connectivity index (χ0) is 18.2. The number of carbonyl (C=O) groups excluding carboxylic acids is 2. The van der Waals surface area contributed by atoms with E-state index in [1.807, 2.05) is 36.1 Å². The highest BCUT2D eigenvalue weighted by atomic mass is 16.2. The van der Waals surface area contributed by atoms with Crippen molar-refractivity contribution in [3.8, 4) is 0 Å². The molecular weight excluding hydrogens is 314 g/mol. The standard InChI is InChI=1S/C20H31N3O2/c1-4-7-19(24)21-17-8-10-18(11-9-17)22-12-14-23(15-13-22)20(25)16(5-2)6-3/h8-11,16H,4-7,12-15H2,1-3H3,(H,21,24). The van der Waals surface area contributed by atoms with Gasteiger partial charge in [-0.25, -0.2) is 0 Å². The van der Waals surface area contributed by atoms with Gasteiger partial charge in [0, 0.05) is 49.9 Å². The fraction of sp³-hybridized carbons (Fsp3) is 0.600. The summed E-state index contributed by atoms with van der Waals surface area (Å²) in [6.45, 7) is 9.44.